The van der Waals surface area contributed by atoms with Crippen molar-refractivity contribution in [1.82, 2.24) is 4.98 Å². The second-order valence-corrected chi connectivity index (χ2v) is 6.33. The van der Waals surface area contributed by atoms with Gasteiger partial charge in [-0.15, -0.1) is 0 Å². The molecule has 2 rings (SSSR count). The average Bonchev–Trinajstić information content (AvgIpc) is 2.49. The highest BCUT2D eigenvalue weighted by molar-refractivity contribution is 5.58. The summed E-state index contributed by atoms with van der Waals surface area (Å²) in [7, 11) is 0. The predicted molar refractivity (Wildman–Crippen MR) is 89.3 cm³/mol. The van der Waals surface area contributed by atoms with Crippen molar-refractivity contribution >= 4 is 5.82 Å². The van der Waals surface area contributed by atoms with Crippen LogP contribution in [0.2, 0.25) is 0 Å². The minimum Gasteiger partial charge on any atom is -0.506 e. The van der Waals surface area contributed by atoms with Gasteiger partial charge < -0.3 is 10.0 Å². The van der Waals surface area contributed by atoms with Crippen molar-refractivity contribution in [3.8, 4) is 5.75 Å². The standard InChI is InChI=1S/C18H30N2O/c1-4-5-6-7-8-9-12-20-13-10-11-16-14(2)17(21)15(3)19-18(16)20/h21H,4-13H2,1-3H3. The molecule has 3 nitrogen and oxygen atoms in total. The number of unbranched alkanes of at least 4 members (excludes halogenated alkanes) is 5. The van der Waals surface area contributed by atoms with Crippen LogP contribution in [-0.4, -0.2) is 23.2 Å². The number of aromatic hydroxyl groups is 1. The molecule has 0 amide bonds. The van der Waals surface area contributed by atoms with E-state index in [1.54, 1.807) is 0 Å². The molecule has 1 N–H and O–H groups in total. The fraction of sp³-hybridized carbons (Fsp3) is 0.722. The average molecular weight is 290 g/mol. The number of aromatic nitrogens is 1. The lowest BCUT2D eigenvalue weighted by Gasteiger charge is -2.31. The minimum atomic E-state index is 0.384. The molecule has 0 radical (unpaired) electrons. The molecule has 0 aliphatic carbocycles. The number of hydrogen-bond donors (Lipinski definition) is 1. The highest BCUT2D eigenvalue weighted by Gasteiger charge is 2.22. The summed E-state index contributed by atoms with van der Waals surface area (Å²) in [5, 5.41) is 10.1. The van der Waals surface area contributed by atoms with Gasteiger partial charge in [0.15, 0.2) is 0 Å². The van der Waals surface area contributed by atoms with Gasteiger partial charge in [0, 0.05) is 18.7 Å². The molecular formula is C18H30N2O. The van der Waals surface area contributed by atoms with E-state index >= 15 is 0 Å². The fourth-order valence-electron chi connectivity index (χ4n) is 3.28. The first kappa shape index (κ1) is 16.1. The lowest BCUT2D eigenvalue weighted by Crippen LogP contribution is -2.32. The molecule has 3 heteroatoms. The molecule has 0 bridgehead atoms. The molecule has 2 heterocycles. The molecule has 0 spiro atoms. The topological polar surface area (TPSA) is 36.4 Å². The van der Waals surface area contributed by atoms with E-state index in [-0.39, 0.29) is 0 Å². The van der Waals surface area contributed by atoms with Crippen LogP contribution in [0.4, 0.5) is 5.82 Å². The number of hydrogen-bond acceptors (Lipinski definition) is 3. The summed E-state index contributed by atoms with van der Waals surface area (Å²) in [6, 6.07) is 0. The molecule has 118 valence electrons. The van der Waals surface area contributed by atoms with Crippen molar-refractivity contribution in [2.24, 2.45) is 0 Å². The molecule has 0 fully saturated rings. The van der Waals surface area contributed by atoms with E-state index in [2.05, 4.69) is 16.8 Å². The molecule has 1 aliphatic rings. The van der Waals surface area contributed by atoms with E-state index in [1.807, 2.05) is 13.8 Å². The van der Waals surface area contributed by atoms with Gasteiger partial charge in [0.25, 0.3) is 0 Å². The van der Waals surface area contributed by atoms with Gasteiger partial charge in [0.1, 0.15) is 11.6 Å². The number of aryl methyl sites for hydroxylation is 1. The Morgan fingerprint density at radius 3 is 2.57 bits per heavy atom. The first-order valence-electron chi connectivity index (χ1n) is 8.59. The van der Waals surface area contributed by atoms with Crippen LogP contribution in [0.1, 0.15) is 68.7 Å². The summed E-state index contributed by atoms with van der Waals surface area (Å²) in [5.74, 6) is 1.51. The zero-order chi connectivity index (χ0) is 15.2. The molecule has 0 saturated heterocycles. The third-order valence-electron chi connectivity index (χ3n) is 4.63. The fourth-order valence-corrected chi connectivity index (χ4v) is 3.28. The maximum Gasteiger partial charge on any atom is 0.140 e. The van der Waals surface area contributed by atoms with Crippen LogP contribution in [-0.2, 0) is 6.42 Å². The zero-order valence-corrected chi connectivity index (χ0v) is 13.9. The minimum absolute atomic E-state index is 0.384. The summed E-state index contributed by atoms with van der Waals surface area (Å²) in [5.41, 5.74) is 3.06. The molecule has 0 unspecified atom stereocenters. The van der Waals surface area contributed by atoms with E-state index in [0.717, 1.165) is 36.6 Å². The first-order chi connectivity index (χ1) is 10.1. The number of anilines is 1. The molecule has 1 aromatic rings. The smallest absolute Gasteiger partial charge is 0.140 e. The van der Waals surface area contributed by atoms with E-state index in [9.17, 15) is 5.11 Å². The second-order valence-electron chi connectivity index (χ2n) is 6.33. The summed E-state index contributed by atoms with van der Waals surface area (Å²) in [6.45, 7) is 8.40. The number of nitrogens with zero attached hydrogens (tertiary/aromatic N) is 2. The number of fused-ring (bicyclic) bond motifs is 1. The molecule has 1 aliphatic heterocycles. The molecule has 0 saturated carbocycles. The third kappa shape index (κ3) is 3.90. The second kappa shape index (κ2) is 7.67. The summed E-state index contributed by atoms with van der Waals surface area (Å²) < 4.78 is 0. The van der Waals surface area contributed by atoms with Crippen LogP contribution in [0.15, 0.2) is 0 Å². The monoisotopic (exact) mass is 290 g/mol. The Morgan fingerprint density at radius 1 is 1.10 bits per heavy atom. The van der Waals surface area contributed by atoms with Crippen molar-refractivity contribution in [1.29, 1.82) is 0 Å². The summed E-state index contributed by atoms with van der Waals surface area (Å²) in [6.07, 6.45) is 10.2. The molecular weight excluding hydrogens is 260 g/mol. The Hall–Kier alpha value is -1.25. The SMILES string of the molecule is CCCCCCCCN1CCCc2c1nc(C)c(O)c2C. The van der Waals surface area contributed by atoms with Gasteiger partial charge in [-0.2, -0.15) is 0 Å². The van der Waals surface area contributed by atoms with Crippen LogP contribution in [0.25, 0.3) is 0 Å². The Kier molecular flexibility index (Phi) is 5.89. The summed E-state index contributed by atoms with van der Waals surface area (Å²) in [4.78, 5) is 7.09. The van der Waals surface area contributed by atoms with Crippen molar-refractivity contribution in [2.45, 2.75) is 72.1 Å². The van der Waals surface area contributed by atoms with Crippen LogP contribution < -0.4 is 4.90 Å². The number of rotatable bonds is 7. The van der Waals surface area contributed by atoms with Crippen LogP contribution in [0.5, 0.6) is 5.75 Å². The van der Waals surface area contributed by atoms with Gasteiger partial charge in [-0.05, 0) is 38.7 Å². The zero-order valence-electron chi connectivity index (χ0n) is 13.9. The largest absolute Gasteiger partial charge is 0.506 e. The molecule has 21 heavy (non-hydrogen) atoms. The van der Waals surface area contributed by atoms with Crippen molar-refractivity contribution in [3.05, 3.63) is 16.8 Å². The first-order valence-corrected chi connectivity index (χ1v) is 8.59. The van der Waals surface area contributed by atoms with E-state index in [4.69, 9.17) is 0 Å². The Bertz CT molecular complexity index is 471. The van der Waals surface area contributed by atoms with Crippen molar-refractivity contribution < 1.29 is 5.11 Å². The summed E-state index contributed by atoms with van der Waals surface area (Å²) >= 11 is 0. The van der Waals surface area contributed by atoms with E-state index < -0.39 is 0 Å². The van der Waals surface area contributed by atoms with Crippen molar-refractivity contribution in [2.75, 3.05) is 18.0 Å². The van der Waals surface area contributed by atoms with Crippen LogP contribution >= 0.6 is 0 Å². The van der Waals surface area contributed by atoms with E-state index in [1.165, 1.54) is 50.5 Å². The predicted octanol–water partition coefficient (Wildman–Crippen LogP) is 4.52. The van der Waals surface area contributed by atoms with Gasteiger partial charge >= 0.3 is 0 Å². The Labute approximate surface area is 129 Å². The highest BCUT2D eigenvalue weighted by Crippen LogP contribution is 2.34. The maximum atomic E-state index is 10.1. The number of pyridine rings is 1. The van der Waals surface area contributed by atoms with Gasteiger partial charge in [0.2, 0.25) is 0 Å². The van der Waals surface area contributed by atoms with Gasteiger partial charge in [0.05, 0.1) is 5.69 Å². The maximum absolute atomic E-state index is 10.1. The van der Waals surface area contributed by atoms with Gasteiger partial charge in [-0.25, -0.2) is 4.98 Å². The van der Waals surface area contributed by atoms with Gasteiger partial charge in [-0.3, -0.25) is 0 Å². The Morgan fingerprint density at radius 2 is 1.81 bits per heavy atom. The normalized spacial score (nSPS) is 14.3. The van der Waals surface area contributed by atoms with Crippen molar-refractivity contribution in [3.63, 3.8) is 0 Å². The Balaban J connectivity index is 1.95. The molecule has 1 aromatic heterocycles. The lowest BCUT2D eigenvalue weighted by molar-refractivity contribution is 0.460. The highest BCUT2D eigenvalue weighted by atomic mass is 16.3. The van der Waals surface area contributed by atoms with E-state index in [0.29, 0.717) is 5.75 Å². The lowest BCUT2D eigenvalue weighted by atomic mass is 9.99. The van der Waals surface area contributed by atoms with Gasteiger partial charge in [-0.1, -0.05) is 39.0 Å². The molecule has 0 aromatic carbocycles. The third-order valence-corrected chi connectivity index (χ3v) is 4.63. The molecule has 0 atom stereocenters. The quantitative estimate of drug-likeness (QED) is 0.750. The van der Waals surface area contributed by atoms with Crippen LogP contribution in [0, 0.1) is 13.8 Å². The van der Waals surface area contributed by atoms with Crippen LogP contribution in [0.3, 0.4) is 0 Å².